The summed E-state index contributed by atoms with van der Waals surface area (Å²) in [5.74, 6) is 0.776. The Balaban J connectivity index is 1.76. The van der Waals surface area contributed by atoms with Crippen LogP contribution in [-0.2, 0) is 0 Å². The van der Waals surface area contributed by atoms with E-state index >= 15 is 0 Å². The van der Waals surface area contributed by atoms with Gasteiger partial charge in [-0.05, 0) is 24.3 Å². The number of para-hydroxylation sites is 1. The highest BCUT2D eigenvalue weighted by atomic mass is 35.5. The molecule has 1 amide bonds. The average molecular weight is 355 g/mol. The van der Waals surface area contributed by atoms with Crippen molar-refractivity contribution in [2.45, 2.75) is 0 Å². The predicted octanol–water partition coefficient (Wildman–Crippen LogP) is 4.13. The molecule has 1 aromatic heterocycles. The van der Waals surface area contributed by atoms with E-state index in [1.165, 1.54) is 6.33 Å². The number of rotatable bonds is 5. The van der Waals surface area contributed by atoms with Gasteiger partial charge in [-0.15, -0.1) is 0 Å². The molecule has 0 fully saturated rings. The largest absolute Gasteiger partial charge is 0.497 e. The number of carbonyl (C=O) groups excluding carboxylic acids is 1. The van der Waals surface area contributed by atoms with Gasteiger partial charge < -0.3 is 15.4 Å². The van der Waals surface area contributed by atoms with E-state index in [1.54, 1.807) is 43.5 Å². The van der Waals surface area contributed by atoms with E-state index in [4.69, 9.17) is 16.3 Å². The minimum atomic E-state index is -0.349. The van der Waals surface area contributed by atoms with Crippen LogP contribution in [0.5, 0.6) is 5.75 Å². The van der Waals surface area contributed by atoms with Gasteiger partial charge in [-0.25, -0.2) is 9.97 Å². The summed E-state index contributed by atoms with van der Waals surface area (Å²) < 4.78 is 5.14. The standard InChI is InChI=1S/C18H15ClN4O2/c1-25-13-6-4-5-12(9-13)22-18(24)16-10-17(21-11-20-16)23-15-8-3-2-7-14(15)19/h2-11H,1H3,(H,22,24)(H,20,21,23). The molecule has 0 saturated carbocycles. The second-order valence-corrected chi connectivity index (χ2v) is 5.49. The van der Waals surface area contributed by atoms with Crippen LogP contribution in [0.3, 0.4) is 0 Å². The summed E-state index contributed by atoms with van der Waals surface area (Å²) in [7, 11) is 1.57. The first-order valence-electron chi connectivity index (χ1n) is 7.45. The smallest absolute Gasteiger partial charge is 0.274 e. The van der Waals surface area contributed by atoms with Crippen molar-refractivity contribution in [3.8, 4) is 5.75 Å². The van der Waals surface area contributed by atoms with Crippen molar-refractivity contribution in [1.29, 1.82) is 0 Å². The maximum absolute atomic E-state index is 12.4. The first kappa shape index (κ1) is 16.7. The average Bonchev–Trinajstić information content (AvgIpc) is 2.64. The maximum atomic E-state index is 12.4. The molecule has 126 valence electrons. The number of hydrogen-bond acceptors (Lipinski definition) is 5. The van der Waals surface area contributed by atoms with Gasteiger partial charge in [-0.1, -0.05) is 29.8 Å². The molecule has 3 rings (SSSR count). The van der Waals surface area contributed by atoms with Crippen LogP contribution < -0.4 is 15.4 Å². The third kappa shape index (κ3) is 4.24. The van der Waals surface area contributed by atoms with Crippen LogP contribution in [0.15, 0.2) is 60.9 Å². The molecular weight excluding hydrogens is 340 g/mol. The fraction of sp³-hybridized carbons (Fsp3) is 0.0556. The number of carbonyl (C=O) groups is 1. The molecule has 0 aliphatic rings. The van der Waals surface area contributed by atoms with Crippen LogP contribution >= 0.6 is 11.6 Å². The SMILES string of the molecule is COc1cccc(NC(=O)c2cc(Nc3ccccc3Cl)ncn2)c1. The maximum Gasteiger partial charge on any atom is 0.274 e. The monoisotopic (exact) mass is 354 g/mol. The minimum absolute atomic E-state index is 0.229. The molecule has 6 nitrogen and oxygen atoms in total. The van der Waals surface area contributed by atoms with Crippen LogP contribution in [0.2, 0.25) is 5.02 Å². The molecule has 0 radical (unpaired) electrons. The van der Waals surface area contributed by atoms with E-state index < -0.39 is 0 Å². The van der Waals surface area contributed by atoms with Crippen LogP contribution in [0.4, 0.5) is 17.2 Å². The Bertz CT molecular complexity index is 902. The van der Waals surface area contributed by atoms with Crippen LogP contribution in [-0.4, -0.2) is 23.0 Å². The van der Waals surface area contributed by atoms with Crippen molar-refractivity contribution in [2.75, 3.05) is 17.7 Å². The number of benzene rings is 2. The fourth-order valence-corrected chi connectivity index (χ4v) is 2.33. The van der Waals surface area contributed by atoms with Gasteiger partial charge in [0.2, 0.25) is 0 Å². The number of aromatic nitrogens is 2. The molecule has 25 heavy (non-hydrogen) atoms. The molecule has 0 aliphatic heterocycles. The van der Waals surface area contributed by atoms with Gasteiger partial charge in [0.1, 0.15) is 23.6 Å². The van der Waals surface area contributed by atoms with Gasteiger partial charge in [-0.3, -0.25) is 4.79 Å². The zero-order valence-electron chi connectivity index (χ0n) is 13.4. The summed E-state index contributed by atoms with van der Waals surface area (Å²) in [6.07, 6.45) is 1.32. The molecule has 0 unspecified atom stereocenters. The zero-order chi connectivity index (χ0) is 17.6. The molecule has 0 aliphatic carbocycles. The Kier molecular flexibility index (Phi) is 5.11. The molecule has 0 bridgehead atoms. The molecule has 0 atom stereocenters. The molecule has 3 aromatic rings. The highest BCUT2D eigenvalue weighted by Crippen LogP contribution is 2.24. The van der Waals surface area contributed by atoms with E-state index in [0.29, 0.717) is 28.0 Å². The first-order valence-corrected chi connectivity index (χ1v) is 7.82. The summed E-state index contributed by atoms with van der Waals surface area (Å²) >= 11 is 6.12. The van der Waals surface area contributed by atoms with Gasteiger partial charge in [0, 0.05) is 17.8 Å². The lowest BCUT2D eigenvalue weighted by Gasteiger charge is -2.09. The van der Waals surface area contributed by atoms with E-state index in [-0.39, 0.29) is 11.6 Å². The summed E-state index contributed by atoms with van der Waals surface area (Å²) in [4.78, 5) is 20.5. The summed E-state index contributed by atoms with van der Waals surface area (Å²) in [5, 5.41) is 6.40. The third-order valence-electron chi connectivity index (χ3n) is 3.36. The van der Waals surface area contributed by atoms with E-state index in [2.05, 4.69) is 20.6 Å². The lowest BCUT2D eigenvalue weighted by Crippen LogP contribution is -2.14. The number of nitrogens with one attached hydrogen (secondary N) is 2. The quantitative estimate of drug-likeness (QED) is 0.720. The van der Waals surface area contributed by atoms with Gasteiger partial charge in [0.15, 0.2) is 0 Å². The Morgan fingerprint density at radius 3 is 2.72 bits per heavy atom. The molecule has 0 spiro atoms. The zero-order valence-corrected chi connectivity index (χ0v) is 14.1. The summed E-state index contributed by atoms with van der Waals surface area (Å²) in [6.45, 7) is 0. The number of anilines is 3. The van der Waals surface area contributed by atoms with Gasteiger partial charge in [-0.2, -0.15) is 0 Å². The minimum Gasteiger partial charge on any atom is -0.497 e. The molecular formula is C18H15ClN4O2. The predicted molar refractivity (Wildman–Crippen MR) is 97.7 cm³/mol. The second kappa shape index (κ2) is 7.63. The Labute approximate surface area is 149 Å². The number of halogens is 1. The van der Waals surface area contributed by atoms with Crippen molar-refractivity contribution < 1.29 is 9.53 Å². The number of hydrogen-bond donors (Lipinski definition) is 2. The van der Waals surface area contributed by atoms with Gasteiger partial charge in [0.25, 0.3) is 5.91 Å². The lowest BCUT2D eigenvalue weighted by atomic mass is 10.2. The van der Waals surface area contributed by atoms with Crippen LogP contribution in [0.1, 0.15) is 10.5 Å². The normalized spacial score (nSPS) is 10.2. The highest BCUT2D eigenvalue weighted by molar-refractivity contribution is 6.33. The van der Waals surface area contributed by atoms with Crippen molar-refractivity contribution in [2.24, 2.45) is 0 Å². The lowest BCUT2D eigenvalue weighted by molar-refractivity contribution is 0.102. The molecule has 0 saturated heterocycles. The highest BCUT2D eigenvalue weighted by Gasteiger charge is 2.10. The van der Waals surface area contributed by atoms with Gasteiger partial charge >= 0.3 is 0 Å². The Morgan fingerprint density at radius 1 is 1.08 bits per heavy atom. The number of ether oxygens (including phenoxy) is 1. The Morgan fingerprint density at radius 2 is 1.92 bits per heavy atom. The van der Waals surface area contributed by atoms with Crippen molar-refractivity contribution in [3.05, 3.63) is 71.6 Å². The number of amides is 1. The molecule has 1 heterocycles. The Hall–Kier alpha value is -3.12. The molecule has 7 heteroatoms. The molecule has 2 N–H and O–H groups in total. The van der Waals surface area contributed by atoms with Crippen LogP contribution in [0.25, 0.3) is 0 Å². The van der Waals surface area contributed by atoms with E-state index in [0.717, 1.165) is 0 Å². The second-order valence-electron chi connectivity index (χ2n) is 5.08. The topological polar surface area (TPSA) is 76.1 Å². The number of methoxy groups -OCH3 is 1. The van der Waals surface area contributed by atoms with Gasteiger partial charge in [0.05, 0.1) is 17.8 Å². The third-order valence-corrected chi connectivity index (χ3v) is 3.69. The van der Waals surface area contributed by atoms with Crippen molar-refractivity contribution in [1.82, 2.24) is 9.97 Å². The van der Waals surface area contributed by atoms with Crippen molar-refractivity contribution >= 4 is 34.7 Å². The van der Waals surface area contributed by atoms with Crippen LogP contribution in [0, 0.1) is 0 Å². The first-order chi connectivity index (χ1) is 12.2. The summed E-state index contributed by atoms with van der Waals surface area (Å²) in [6, 6.07) is 15.9. The van der Waals surface area contributed by atoms with E-state index in [1.807, 2.05) is 18.2 Å². The fourth-order valence-electron chi connectivity index (χ4n) is 2.15. The molecule has 2 aromatic carbocycles. The van der Waals surface area contributed by atoms with Crippen molar-refractivity contribution in [3.63, 3.8) is 0 Å². The number of nitrogens with zero attached hydrogens (tertiary/aromatic N) is 2. The summed E-state index contributed by atoms with van der Waals surface area (Å²) in [5.41, 5.74) is 1.54. The van der Waals surface area contributed by atoms with E-state index in [9.17, 15) is 4.79 Å².